The molecule has 3 rings (SSSR count). The van der Waals surface area contributed by atoms with E-state index in [4.69, 9.17) is 4.74 Å². The molecule has 128 valence electrons. The molecule has 0 radical (unpaired) electrons. The Labute approximate surface area is 146 Å². The molecule has 0 saturated heterocycles. The van der Waals surface area contributed by atoms with E-state index in [9.17, 15) is 9.59 Å². The molecule has 0 aliphatic carbocycles. The molecule has 0 fully saturated rings. The number of aromatic amines is 1. The molecule has 5 heteroatoms. The van der Waals surface area contributed by atoms with E-state index in [1.165, 1.54) is 0 Å². The smallest absolute Gasteiger partial charge is 0.310 e. The molecule has 25 heavy (non-hydrogen) atoms. The number of aryl methyl sites for hydroxylation is 2. The Morgan fingerprint density at radius 3 is 2.76 bits per heavy atom. The van der Waals surface area contributed by atoms with Crippen molar-refractivity contribution in [3.05, 3.63) is 65.4 Å². The number of anilines is 1. The van der Waals surface area contributed by atoms with E-state index in [0.29, 0.717) is 0 Å². The quantitative estimate of drug-likeness (QED) is 0.701. The minimum Gasteiger partial charge on any atom is -0.455 e. The number of esters is 1. The fraction of sp³-hybridized carbons (Fsp3) is 0.200. The lowest BCUT2D eigenvalue weighted by Crippen LogP contribution is -2.22. The molecule has 0 aliphatic rings. The Hall–Kier alpha value is -3.08. The Balaban J connectivity index is 1.55. The maximum absolute atomic E-state index is 12.0. The second-order valence-corrected chi connectivity index (χ2v) is 6.06. The van der Waals surface area contributed by atoms with Gasteiger partial charge in [0.25, 0.3) is 5.91 Å². The number of nitrogens with one attached hydrogen (secondary N) is 2. The van der Waals surface area contributed by atoms with Gasteiger partial charge in [-0.15, -0.1) is 0 Å². The van der Waals surface area contributed by atoms with Crippen molar-refractivity contribution in [3.63, 3.8) is 0 Å². The molecular weight excluding hydrogens is 316 g/mol. The highest BCUT2D eigenvalue weighted by molar-refractivity contribution is 5.94. The van der Waals surface area contributed by atoms with Crippen LogP contribution in [-0.4, -0.2) is 23.5 Å². The molecule has 0 saturated carbocycles. The maximum atomic E-state index is 12.0. The van der Waals surface area contributed by atoms with E-state index >= 15 is 0 Å². The molecule has 0 atom stereocenters. The van der Waals surface area contributed by atoms with Gasteiger partial charge in [0.15, 0.2) is 6.61 Å². The molecule has 1 heterocycles. The van der Waals surface area contributed by atoms with Crippen LogP contribution in [0.5, 0.6) is 0 Å². The first-order valence-electron chi connectivity index (χ1n) is 8.10. The summed E-state index contributed by atoms with van der Waals surface area (Å²) in [6.45, 7) is 3.57. The summed E-state index contributed by atoms with van der Waals surface area (Å²) in [5.74, 6) is -0.776. The van der Waals surface area contributed by atoms with Gasteiger partial charge in [0.2, 0.25) is 0 Å². The molecule has 0 spiro atoms. The molecule has 5 nitrogen and oxygen atoms in total. The van der Waals surface area contributed by atoms with Gasteiger partial charge in [0.05, 0.1) is 6.42 Å². The molecule has 3 aromatic rings. The third-order valence-electron chi connectivity index (χ3n) is 4.04. The number of hydrogen-bond donors (Lipinski definition) is 2. The SMILES string of the molecule is Cc1ccc(C)c(NC(=O)COC(=O)Cc2c[nH]c3ccccc23)c1. The lowest BCUT2D eigenvalue weighted by Gasteiger charge is -2.09. The lowest BCUT2D eigenvalue weighted by atomic mass is 10.1. The number of carbonyl (C=O) groups excluding carboxylic acids is 2. The summed E-state index contributed by atoms with van der Waals surface area (Å²) in [6, 6.07) is 13.5. The molecule has 1 aromatic heterocycles. The number of carbonyl (C=O) groups is 2. The number of amides is 1. The average molecular weight is 336 g/mol. The first-order valence-corrected chi connectivity index (χ1v) is 8.10. The predicted molar refractivity (Wildman–Crippen MR) is 97.5 cm³/mol. The van der Waals surface area contributed by atoms with Crippen LogP contribution in [0.2, 0.25) is 0 Å². The highest BCUT2D eigenvalue weighted by atomic mass is 16.5. The second kappa shape index (κ2) is 7.21. The van der Waals surface area contributed by atoms with Gasteiger partial charge in [-0.25, -0.2) is 0 Å². The zero-order valence-electron chi connectivity index (χ0n) is 14.3. The minimum absolute atomic E-state index is 0.126. The fourth-order valence-corrected chi connectivity index (χ4v) is 2.69. The van der Waals surface area contributed by atoms with E-state index in [0.717, 1.165) is 33.3 Å². The van der Waals surface area contributed by atoms with E-state index in [1.807, 2.05) is 56.3 Å². The number of rotatable bonds is 5. The number of ether oxygens (including phenoxy) is 1. The molecule has 0 aliphatic heterocycles. The van der Waals surface area contributed by atoms with Crippen molar-refractivity contribution >= 4 is 28.5 Å². The normalized spacial score (nSPS) is 10.6. The fourth-order valence-electron chi connectivity index (χ4n) is 2.69. The number of hydrogen-bond acceptors (Lipinski definition) is 3. The molecule has 0 unspecified atom stereocenters. The van der Waals surface area contributed by atoms with Crippen molar-refractivity contribution in [2.75, 3.05) is 11.9 Å². The standard InChI is InChI=1S/C20H20N2O3/c1-13-7-8-14(2)18(9-13)22-19(23)12-25-20(24)10-15-11-21-17-6-4-3-5-16(15)17/h3-9,11,21H,10,12H2,1-2H3,(H,22,23). The van der Waals surface area contributed by atoms with Gasteiger partial charge >= 0.3 is 5.97 Å². The van der Waals surface area contributed by atoms with E-state index in [1.54, 1.807) is 6.20 Å². The van der Waals surface area contributed by atoms with Gasteiger partial charge in [0, 0.05) is 22.8 Å². The Bertz CT molecular complexity index is 928. The van der Waals surface area contributed by atoms with Crippen LogP contribution >= 0.6 is 0 Å². The number of benzene rings is 2. The average Bonchev–Trinajstić information content (AvgIpc) is 2.99. The molecule has 2 aromatic carbocycles. The highest BCUT2D eigenvalue weighted by Crippen LogP contribution is 2.18. The van der Waals surface area contributed by atoms with Gasteiger partial charge in [0.1, 0.15) is 0 Å². The zero-order chi connectivity index (χ0) is 17.8. The second-order valence-electron chi connectivity index (χ2n) is 6.06. The molecule has 1 amide bonds. The summed E-state index contributed by atoms with van der Waals surface area (Å²) in [7, 11) is 0. The van der Waals surface area contributed by atoms with Gasteiger partial charge < -0.3 is 15.0 Å². The van der Waals surface area contributed by atoms with Crippen molar-refractivity contribution in [3.8, 4) is 0 Å². The van der Waals surface area contributed by atoms with Gasteiger partial charge in [-0.3, -0.25) is 9.59 Å². The predicted octanol–water partition coefficient (Wildman–Crippen LogP) is 3.51. The van der Waals surface area contributed by atoms with Crippen molar-refractivity contribution in [2.45, 2.75) is 20.3 Å². The Morgan fingerprint density at radius 1 is 1.12 bits per heavy atom. The van der Waals surface area contributed by atoms with E-state index in [2.05, 4.69) is 10.3 Å². The monoisotopic (exact) mass is 336 g/mol. The summed E-state index contributed by atoms with van der Waals surface area (Å²) < 4.78 is 5.10. The minimum atomic E-state index is -0.430. The largest absolute Gasteiger partial charge is 0.455 e. The first kappa shape index (κ1) is 16.8. The van der Waals surface area contributed by atoms with Crippen LogP contribution < -0.4 is 5.32 Å². The third kappa shape index (κ3) is 4.07. The molecular formula is C20H20N2O3. The van der Waals surface area contributed by atoms with Gasteiger partial charge in [-0.05, 0) is 42.7 Å². The van der Waals surface area contributed by atoms with Crippen LogP contribution in [0.15, 0.2) is 48.7 Å². The summed E-state index contributed by atoms with van der Waals surface area (Å²) in [6.07, 6.45) is 1.92. The van der Waals surface area contributed by atoms with Crippen LogP contribution in [0.1, 0.15) is 16.7 Å². The van der Waals surface area contributed by atoms with Crippen molar-refractivity contribution in [1.82, 2.24) is 4.98 Å². The number of aromatic nitrogens is 1. The first-order chi connectivity index (χ1) is 12.0. The van der Waals surface area contributed by atoms with Crippen LogP contribution in [0.4, 0.5) is 5.69 Å². The summed E-state index contributed by atoms with van der Waals surface area (Å²) >= 11 is 0. The van der Waals surface area contributed by atoms with Crippen molar-refractivity contribution < 1.29 is 14.3 Å². The summed E-state index contributed by atoms with van der Waals surface area (Å²) in [4.78, 5) is 27.1. The van der Waals surface area contributed by atoms with Crippen LogP contribution in [0, 0.1) is 13.8 Å². The van der Waals surface area contributed by atoms with Crippen LogP contribution in [0.3, 0.4) is 0 Å². The Morgan fingerprint density at radius 2 is 1.92 bits per heavy atom. The van der Waals surface area contributed by atoms with Crippen molar-refractivity contribution in [2.24, 2.45) is 0 Å². The zero-order valence-corrected chi connectivity index (χ0v) is 14.3. The lowest BCUT2D eigenvalue weighted by molar-refractivity contribution is -0.146. The van der Waals surface area contributed by atoms with Crippen LogP contribution in [0.25, 0.3) is 10.9 Å². The summed E-state index contributed by atoms with van der Waals surface area (Å²) in [5, 5.41) is 3.76. The van der Waals surface area contributed by atoms with Crippen molar-refractivity contribution in [1.29, 1.82) is 0 Å². The van der Waals surface area contributed by atoms with E-state index in [-0.39, 0.29) is 18.9 Å². The molecule has 0 bridgehead atoms. The number of H-pyrrole nitrogens is 1. The van der Waals surface area contributed by atoms with E-state index < -0.39 is 5.97 Å². The maximum Gasteiger partial charge on any atom is 0.310 e. The topological polar surface area (TPSA) is 71.2 Å². The van der Waals surface area contributed by atoms with Crippen LogP contribution in [-0.2, 0) is 20.7 Å². The number of para-hydroxylation sites is 1. The Kier molecular flexibility index (Phi) is 4.84. The number of fused-ring (bicyclic) bond motifs is 1. The third-order valence-corrected chi connectivity index (χ3v) is 4.04. The molecule has 2 N–H and O–H groups in total. The summed E-state index contributed by atoms with van der Waals surface area (Å²) in [5.41, 5.74) is 4.58. The highest BCUT2D eigenvalue weighted by Gasteiger charge is 2.12. The van der Waals surface area contributed by atoms with Gasteiger partial charge in [-0.2, -0.15) is 0 Å². The van der Waals surface area contributed by atoms with Gasteiger partial charge in [-0.1, -0.05) is 30.3 Å².